The van der Waals surface area contributed by atoms with Crippen molar-refractivity contribution in [2.75, 3.05) is 0 Å². The first kappa shape index (κ1) is 11.8. The molecule has 0 saturated carbocycles. The average Bonchev–Trinajstić information content (AvgIpc) is 2.48. The standard InChI is InChI=1S/C16H8ClNOS/c17-9-5-6-13-11(7-9)16(19)15-10-3-1-2-4-12(10)18-8-14(15)20-13/h1-8H. The molecular weight excluding hydrogens is 290 g/mol. The maximum Gasteiger partial charge on any atom is 0.196 e. The fraction of sp³-hybridized carbons (Fsp3) is 0. The molecule has 0 aliphatic heterocycles. The van der Waals surface area contributed by atoms with Gasteiger partial charge in [0.2, 0.25) is 0 Å². The summed E-state index contributed by atoms with van der Waals surface area (Å²) in [6.07, 6.45) is 1.78. The van der Waals surface area contributed by atoms with E-state index in [1.807, 2.05) is 30.3 Å². The number of fused-ring (bicyclic) bond motifs is 4. The van der Waals surface area contributed by atoms with Crippen LogP contribution >= 0.6 is 22.9 Å². The fourth-order valence-corrected chi connectivity index (χ4v) is 3.67. The normalized spacial score (nSPS) is 11.4. The first-order chi connectivity index (χ1) is 9.74. The van der Waals surface area contributed by atoms with Crippen molar-refractivity contribution in [2.24, 2.45) is 0 Å². The summed E-state index contributed by atoms with van der Waals surface area (Å²) in [5, 5.41) is 2.88. The van der Waals surface area contributed by atoms with Crippen LogP contribution in [0, 0.1) is 0 Å². The number of rotatable bonds is 0. The highest BCUT2D eigenvalue weighted by Gasteiger charge is 2.10. The van der Waals surface area contributed by atoms with Gasteiger partial charge in [-0.15, -0.1) is 11.3 Å². The molecule has 0 aliphatic carbocycles. The number of aromatic nitrogens is 1. The lowest BCUT2D eigenvalue weighted by atomic mass is 10.1. The predicted octanol–water partition coefficient (Wildman–Crippen LogP) is 4.62. The number of hydrogen-bond donors (Lipinski definition) is 0. The van der Waals surface area contributed by atoms with Crippen LogP contribution in [-0.4, -0.2) is 4.98 Å². The third-order valence-corrected chi connectivity index (χ3v) is 4.71. The van der Waals surface area contributed by atoms with Gasteiger partial charge < -0.3 is 0 Å². The van der Waals surface area contributed by atoms with Gasteiger partial charge in [0.05, 0.1) is 15.6 Å². The third-order valence-electron chi connectivity index (χ3n) is 3.37. The van der Waals surface area contributed by atoms with E-state index in [2.05, 4.69) is 4.98 Å². The topological polar surface area (TPSA) is 30.0 Å². The van der Waals surface area contributed by atoms with Crippen LogP contribution in [0.25, 0.3) is 31.1 Å². The Kier molecular flexibility index (Phi) is 2.52. The summed E-state index contributed by atoms with van der Waals surface area (Å²) in [6.45, 7) is 0. The molecule has 4 aromatic rings. The van der Waals surface area contributed by atoms with Crippen molar-refractivity contribution in [3.8, 4) is 0 Å². The molecule has 0 saturated heterocycles. The van der Waals surface area contributed by atoms with Crippen LogP contribution < -0.4 is 5.43 Å². The molecule has 0 aliphatic rings. The van der Waals surface area contributed by atoms with Crippen molar-refractivity contribution < 1.29 is 0 Å². The van der Waals surface area contributed by atoms with Gasteiger partial charge in [0.1, 0.15) is 0 Å². The minimum atomic E-state index is 0.0230. The van der Waals surface area contributed by atoms with Crippen LogP contribution in [0.2, 0.25) is 5.02 Å². The number of halogens is 1. The van der Waals surface area contributed by atoms with Crippen LogP contribution in [0.4, 0.5) is 0 Å². The summed E-state index contributed by atoms with van der Waals surface area (Å²) < 4.78 is 1.84. The molecule has 2 aromatic carbocycles. The van der Waals surface area contributed by atoms with E-state index in [0.29, 0.717) is 10.4 Å². The number of nitrogens with zero attached hydrogens (tertiary/aromatic N) is 1. The minimum absolute atomic E-state index is 0.0230. The first-order valence-electron chi connectivity index (χ1n) is 6.14. The molecule has 4 rings (SSSR count). The first-order valence-corrected chi connectivity index (χ1v) is 7.33. The van der Waals surface area contributed by atoms with Gasteiger partial charge in [0.15, 0.2) is 5.43 Å². The number of pyridine rings is 1. The number of para-hydroxylation sites is 1. The summed E-state index contributed by atoms with van der Waals surface area (Å²) in [4.78, 5) is 17.2. The Hall–Kier alpha value is -1.97. The van der Waals surface area contributed by atoms with E-state index in [4.69, 9.17) is 11.6 Å². The van der Waals surface area contributed by atoms with Gasteiger partial charge in [-0.2, -0.15) is 0 Å². The molecule has 2 heterocycles. The molecule has 0 fully saturated rings. The van der Waals surface area contributed by atoms with E-state index in [0.717, 1.165) is 25.7 Å². The van der Waals surface area contributed by atoms with Gasteiger partial charge in [-0.25, -0.2) is 0 Å². The molecule has 0 spiro atoms. The lowest BCUT2D eigenvalue weighted by Crippen LogP contribution is -2.02. The van der Waals surface area contributed by atoms with E-state index in [9.17, 15) is 4.79 Å². The molecule has 2 nitrogen and oxygen atoms in total. The zero-order chi connectivity index (χ0) is 13.7. The highest BCUT2D eigenvalue weighted by molar-refractivity contribution is 7.24. The Bertz CT molecular complexity index is 1040. The third kappa shape index (κ3) is 1.64. The summed E-state index contributed by atoms with van der Waals surface area (Å²) in [5.74, 6) is 0. The molecule has 0 unspecified atom stereocenters. The molecule has 4 heteroatoms. The molecule has 0 radical (unpaired) electrons. The Balaban J connectivity index is 2.34. The summed E-state index contributed by atoms with van der Waals surface area (Å²) in [5.41, 5.74) is 0.862. The van der Waals surface area contributed by atoms with Crippen molar-refractivity contribution in [1.29, 1.82) is 0 Å². The zero-order valence-corrected chi connectivity index (χ0v) is 11.8. The number of hydrogen-bond acceptors (Lipinski definition) is 3. The van der Waals surface area contributed by atoms with E-state index in [-0.39, 0.29) is 5.43 Å². The lowest BCUT2D eigenvalue weighted by Gasteiger charge is -2.04. The molecule has 96 valence electrons. The van der Waals surface area contributed by atoms with E-state index < -0.39 is 0 Å². The lowest BCUT2D eigenvalue weighted by molar-refractivity contribution is 1.45. The minimum Gasteiger partial charge on any atom is -0.288 e. The molecular formula is C16H8ClNOS. The molecule has 0 bridgehead atoms. The maximum atomic E-state index is 12.8. The Morgan fingerprint density at radius 1 is 1.00 bits per heavy atom. The van der Waals surface area contributed by atoms with E-state index in [1.54, 1.807) is 29.7 Å². The Labute approximate surface area is 123 Å². The van der Waals surface area contributed by atoms with Crippen molar-refractivity contribution in [3.05, 3.63) is 63.9 Å². The van der Waals surface area contributed by atoms with Gasteiger partial charge in [-0.05, 0) is 24.3 Å². The van der Waals surface area contributed by atoms with Gasteiger partial charge in [-0.3, -0.25) is 9.78 Å². The SMILES string of the molecule is O=c1c2cc(Cl)ccc2sc2cnc3ccccc3c12. The second kappa shape index (κ2) is 4.27. The second-order valence-electron chi connectivity index (χ2n) is 4.59. The van der Waals surface area contributed by atoms with Crippen molar-refractivity contribution >= 4 is 54.0 Å². The fourth-order valence-electron chi connectivity index (χ4n) is 2.46. The number of benzene rings is 2. The largest absolute Gasteiger partial charge is 0.288 e. The van der Waals surface area contributed by atoms with Crippen LogP contribution in [0.15, 0.2) is 53.5 Å². The van der Waals surface area contributed by atoms with Crippen LogP contribution in [-0.2, 0) is 0 Å². The van der Waals surface area contributed by atoms with Gasteiger partial charge in [-0.1, -0.05) is 29.8 Å². The molecule has 0 amide bonds. The second-order valence-corrected chi connectivity index (χ2v) is 6.11. The summed E-state index contributed by atoms with van der Waals surface area (Å²) in [7, 11) is 0. The van der Waals surface area contributed by atoms with Crippen LogP contribution in [0.3, 0.4) is 0 Å². The van der Waals surface area contributed by atoms with Crippen LogP contribution in [0.5, 0.6) is 0 Å². The van der Waals surface area contributed by atoms with E-state index >= 15 is 0 Å². The summed E-state index contributed by atoms with van der Waals surface area (Å²) >= 11 is 7.58. The summed E-state index contributed by atoms with van der Waals surface area (Å²) in [6, 6.07) is 13.1. The molecule has 20 heavy (non-hydrogen) atoms. The smallest absolute Gasteiger partial charge is 0.196 e. The van der Waals surface area contributed by atoms with Crippen molar-refractivity contribution in [1.82, 2.24) is 4.98 Å². The van der Waals surface area contributed by atoms with E-state index in [1.165, 1.54) is 0 Å². The molecule has 0 N–H and O–H groups in total. The Morgan fingerprint density at radius 2 is 1.85 bits per heavy atom. The zero-order valence-electron chi connectivity index (χ0n) is 10.3. The van der Waals surface area contributed by atoms with Crippen molar-refractivity contribution in [2.45, 2.75) is 0 Å². The van der Waals surface area contributed by atoms with Gasteiger partial charge in [0, 0.05) is 26.7 Å². The predicted molar refractivity (Wildman–Crippen MR) is 85.9 cm³/mol. The average molecular weight is 298 g/mol. The molecule has 2 aromatic heterocycles. The van der Waals surface area contributed by atoms with Gasteiger partial charge in [0.25, 0.3) is 0 Å². The quantitative estimate of drug-likeness (QED) is 0.350. The van der Waals surface area contributed by atoms with Crippen LogP contribution in [0.1, 0.15) is 0 Å². The highest BCUT2D eigenvalue weighted by atomic mass is 35.5. The monoisotopic (exact) mass is 297 g/mol. The Morgan fingerprint density at radius 3 is 2.75 bits per heavy atom. The van der Waals surface area contributed by atoms with Gasteiger partial charge >= 0.3 is 0 Å². The maximum absolute atomic E-state index is 12.8. The highest BCUT2D eigenvalue weighted by Crippen LogP contribution is 2.29. The molecule has 0 atom stereocenters. The van der Waals surface area contributed by atoms with Crippen molar-refractivity contribution in [3.63, 3.8) is 0 Å².